The normalized spacial score (nSPS) is 15.0. The van der Waals surface area contributed by atoms with Crippen LogP contribution in [0.25, 0.3) is 0 Å². The Kier molecular flexibility index (Phi) is 2.53. The standard InChI is InChI=1S/C10H14N4O/c1-2-14(7-3-4-7)10(15)8-5-12-6-9(11)13-8/h5-7H,2-4H2,1H3,(H2,11,13). The molecule has 5 heteroatoms. The molecule has 0 aromatic carbocycles. The second-order valence-electron chi connectivity index (χ2n) is 3.65. The Morgan fingerprint density at radius 1 is 1.60 bits per heavy atom. The molecule has 1 fully saturated rings. The van der Waals surface area contributed by atoms with E-state index in [1.54, 1.807) is 0 Å². The molecule has 5 nitrogen and oxygen atoms in total. The van der Waals surface area contributed by atoms with E-state index < -0.39 is 0 Å². The van der Waals surface area contributed by atoms with Gasteiger partial charge in [-0.1, -0.05) is 0 Å². The molecule has 1 amide bonds. The molecule has 0 radical (unpaired) electrons. The Hall–Kier alpha value is -1.65. The fourth-order valence-corrected chi connectivity index (χ4v) is 1.59. The van der Waals surface area contributed by atoms with Crippen LogP contribution in [0.4, 0.5) is 5.82 Å². The highest BCUT2D eigenvalue weighted by Gasteiger charge is 2.32. The Bertz CT molecular complexity index is 375. The van der Waals surface area contributed by atoms with Crippen LogP contribution in [0.3, 0.4) is 0 Å². The first-order valence-electron chi connectivity index (χ1n) is 5.11. The quantitative estimate of drug-likeness (QED) is 0.789. The molecule has 0 bridgehead atoms. The van der Waals surface area contributed by atoms with E-state index in [1.165, 1.54) is 12.4 Å². The van der Waals surface area contributed by atoms with Crippen molar-refractivity contribution >= 4 is 11.7 Å². The van der Waals surface area contributed by atoms with E-state index in [9.17, 15) is 4.79 Å². The van der Waals surface area contributed by atoms with Crippen molar-refractivity contribution in [1.29, 1.82) is 0 Å². The number of nitrogens with zero attached hydrogens (tertiary/aromatic N) is 3. The van der Waals surface area contributed by atoms with E-state index in [2.05, 4.69) is 9.97 Å². The summed E-state index contributed by atoms with van der Waals surface area (Å²) in [6.07, 6.45) is 5.08. The number of nitrogen functional groups attached to an aromatic ring is 1. The van der Waals surface area contributed by atoms with Gasteiger partial charge in [0.25, 0.3) is 5.91 Å². The van der Waals surface area contributed by atoms with E-state index in [0.717, 1.165) is 12.8 Å². The van der Waals surface area contributed by atoms with Gasteiger partial charge in [-0.2, -0.15) is 0 Å². The van der Waals surface area contributed by atoms with Gasteiger partial charge in [0, 0.05) is 12.6 Å². The lowest BCUT2D eigenvalue weighted by atomic mass is 10.3. The van der Waals surface area contributed by atoms with Crippen LogP contribution < -0.4 is 5.73 Å². The molecule has 0 atom stereocenters. The molecule has 2 N–H and O–H groups in total. The second kappa shape index (κ2) is 3.84. The predicted octanol–water partition coefficient (Wildman–Crippen LogP) is 0.683. The summed E-state index contributed by atoms with van der Waals surface area (Å²) in [6, 6.07) is 0.394. The first-order chi connectivity index (χ1) is 7.22. The highest BCUT2D eigenvalue weighted by molar-refractivity contribution is 5.92. The van der Waals surface area contributed by atoms with Gasteiger partial charge >= 0.3 is 0 Å². The van der Waals surface area contributed by atoms with Crippen LogP contribution in [0.5, 0.6) is 0 Å². The van der Waals surface area contributed by atoms with Crippen molar-refractivity contribution < 1.29 is 4.79 Å². The molecule has 1 aromatic rings. The monoisotopic (exact) mass is 206 g/mol. The lowest BCUT2D eigenvalue weighted by Gasteiger charge is -2.19. The third-order valence-electron chi connectivity index (χ3n) is 2.46. The van der Waals surface area contributed by atoms with Gasteiger partial charge in [-0.05, 0) is 19.8 Å². The smallest absolute Gasteiger partial charge is 0.274 e. The number of carbonyl (C=O) groups excluding carboxylic acids is 1. The van der Waals surface area contributed by atoms with Gasteiger partial charge in [-0.25, -0.2) is 4.98 Å². The number of hydrogen-bond acceptors (Lipinski definition) is 4. The van der Waals surface area contributed by atoms with E-state index in [0.29, 0.717) is 18.3 Å². The molecule has 2 rings (SSSR count). The minimum Gasteiger partial charge on any atom is -0.382 e. The van der Waals surface area contributed by atoms with Crippen LogP contribution in [-0.4, -0.2) is 33.4 Å². The number of carbonyl (C=O) groups is 1. The summed E-state index contributed by atoms with van der Waals surface area (Å²) in [7, 11) is 0. The topological polar surface area (TPSA) is 72.1 Å². The molecule has 0 spiro atoms. The molecule has 1 aromatic heterocycles. The molecule has 1 heterocycles. The minimum atomic E-state index is -0.0696. The second-order valence-corrected chi connectivity index (χ2v) is 3.65. The zero-order valence-corrected chi connectivity index (χ0v) is 8.68. The Balaban J connectivity index is 2.18. The lowest BCUT2D eigenvalue weighted by molar-refractivity contribution is 0.0746. The molecular weight excluding hydrogens is 192 g/mol. The summed E-state index contributed by atoms with van der Waals surface area (Å²) in [5.41, 5.74) is 5.82. The lowest BCUT2D eigenvalue weighted by Crippen LogP contribution is -2.33. The van der Waals surface area contributed by atoms with Crippen LogP contribution in [-0.2, 0) is 0 Å². The first kappa shape index (κ1) is 9.89. The Morgan fingerprint density at radius 2 is 2.33 bits per heavy atom. The third kappa shape index (κ3) is 2.06. The SMILES string of the molecule is CCN(C(=O)c1cncc(N)n1)C1CC1. The van der Waals surface area contributed by atoms with Crippen molar-refractivity contribution in [2.75, 3.05) is 12.3 Å². The fourth-order valence-electron chi connectivity index (χ4n) is 1.59. The van der Waals surface area contributed by atoms with Crippen LogP contribution in [0.2, 0.25) is 0 Å². The molecule has 1 saturated carbocycles. The number of aromatic nitrogens is 2. The summed E-state index contributed by atoms with van der Waals surface area (Å²) < 4.78 is 0. The van der Waals surface area contributed by atoms with Gasteiger partial charge in [0.2, 0.25) is 0 Å². The van der Waals surface area contributed by atoms with Gasteiger partial charge in [0.15, 0.2) is 0 Å². The van der Waals surface area contributed by atoms with Crippen molar-refractivity contribution in [1.82, 2.24) is 14.9 Å². The van der Waals surface area contributed by atoms with Crippen molar-refractivity contribution in [2.24, 2.45) is 0 Å². The van der Waals surface area contributed by atoms with E-state index in [-0.39, 0.29) is 11.7 Å². The Morgan fingerprint density at radius 3 is 2.87 bits per heavy atom. The molecule has 1 aliphatic carbocycles. The van der Waals surface area contributed by atoms with E-state index in [4.69, 9.17) is 5.73 Å². The number of rotatable bonds is 3. The average Bonchev–Trinajstić information content (AvgIpc) is 3.03. The van der Waals surface area contributed by atoms with Gasteiger partial charge in [0.05, 0.1) is 12.4 Å². The maximum absolute atomic E-state index is 12.0. The maximum atomic E-state index is 12.0. The summed E-state index contributed by atoms with van der Waals surface area (Å²) >= 11 is 0. The number of amides is 1. The molecule has 80 valence electrons. The first-order valence-corrected chi connectivity index (χ1v) is 5.11. The van der Waals surface area contributed by atoms with Crippen molar-refractivity contribution in [2.45, 2.75) is 25.8 Å². The molecule has 1 aliphatic rings. The number of nitrogens with two attached hydrogens (primary N) is 1. The van der Waals surface area contributed by atoms with Crippen molar-refractivity contribution in [3.63, 3.8) is 0 Å². The van der Waals surface area contributed by atoms with Crippen LogP contribution in [0, 0.1) is 0 Å². The van der Waals surface area contributed by atoms with E-state index >= 15 is 0 Å². The number of hydrogen-bond donors (Lipinski definition) is 1. The predicted molar refractivity (Wildman–Crippen MR) is 56.2 cm³/mol. The van der Waals surface area contributed by atoms with Crippen LogP contribution >= 0.6 is 0 Å². The maximum Gasteiger partial charge on any atom is 0.274 e. The van der Waals surface area contributed by atoms with Gasteiger partial charge in [-0.15, -0.1) is 0 Å². The van der Waals surface area contributed by atoms with Crippen molar-refractivity contribution in [3.05, 3.63) is 18.1 Å². The molecule has 0 unspecified atom stereocenters. The van der Waals surface area contributed by atoms with Crippen molar-refractivity contribution in [3.8, 4) is 0 Å². The summed E-state index contributed by atoms with van der Waals surface area (Å²) in [5, 5.41) is 0. The van der Waals surface area contributed by atoms with Crippen LogP contribution in [0.1, 0.15) is 30.3 Å². The van der Waals surface area contributed by atoms with Gasteiger partial charge < -0.3 is 10.6 Å². The minimum absolute atomic E-state index is 0.0696. The fraction of sp³-hybridized carbons (Fsp3) is 0.500. The summed E-state index contributed by atoms with van der Waals surface area (Å²) in [5.74, 6) is 0.215. The molecule has 15 heavy (non-hydrogen) atoms. The zero-order valence-electron chi connectivity index (χ0n) is 8.68. The summed E-state index contributed by atoms with van der Waals surface area (Å²) in [6.45, 7) is 2.68. The highest BCUT2D eigenvalue weighted by atomic mass is 16.2. The third-order valence-corrected chi connectivity index (χ3v) is 2.46. The Labute approximate surface area is 88.3 Å². The zero-order chi connectivity index (χ0) is 10.8. The molecule has 0 saturated heterocycles. The van der Waals surface area contributed by atoms with E-state index in [1.807, 2.05) is 11.8 Å². The average molecular weight is 206 g/mol. The summed E-state index contributed by atoms with van der Waals surface area (Å²) in [4.78, 5) is 21.6. The molecular formula is C10H14N4O. The van der Waals surface area contributed by atoms with Gasteiger partial charge in [0.1, 0.15) is 11.5 Å². The van der Waals surface area contributed by atoms with Crippen LogP contribution in [0.15, 0.2) is 12.4 Å². The number of anilines is 1. The largest absolute Gasteiger partial charge is 0.382 e. The molecule has 0 aliphatic heterocycles. The van der Waals surface area contributed by atoms with Gasteiger partial charge in [-0.3, -0.25) is 9.78 Å². The highest BCUT2D eigenvalue weighted by Crippen LogP contribution is 2.27.